The van der Waals surface area contributed by atoms with Crippen molar-refractivity contribution in [1.29, 1.82) is 5.26 Å². The van der Waals surface area contributed by atoms with Crippen LogP contribution < -0.4 is 25.2 Å². The van der Waals surface area contributed by atoms with Gasteiger partial charge in [-0.2, -0.15) is 18.4 Å². The van der Waals surface area contributed by atoms with Crippen LogP contribution in [0.2, 0.25) is 0 Å². The Kier molecular flexibility index (Phi) is 15.0. The minimum atomic E-state index is -4.76. The van der Waals surface area contributed by atoms with Gasteiger partial charge in [-0.25, -0.2) is 0 Å². The Morgan fingerprint density at radius 1 is 0.933 bits per heavy atom. The number of nitriles is 1. The van der Waals surface area contributed by atoms with E-state index in [4.69, 9.17) is 36.4 Å². The lowest BCUT2D eigenvalue weighted by Gasteiger charge is -2.39. The first kappa shape index (κ1) is 45.1. The molecule has 2 heterocycles. The minimum absolute atomic E-state index is 0.0364. The van der Waals surface area contributed by atoms with Gasteiger partial charge >= 0.3 is 6.18 Å². The smallest absolute Gasteiger partial charge is 0.417 e. The normalized spacial score (nSPS) is 15.3. The number of hydrogen-bond donors (Lipinski definition) is 2. The summed E-state index contributed by atoms with van der Waals surface area (Å²) in [7, 11) is 1.48. The first-order valence-electron chi connectivity index (χ1n) is 18.8. The number of alkyl halides is 3. The molecule has 3 aromatic rings. The van der Waals surface area contributed by atoms with Gasteiger partial charge in [0.2, 0.25) is 11.8 Å². The van der Waals surface area contributed by atoms with Gasteiger partial charge in [0.1, 0.15) is 24.7 Å². The molecule has 60 heavy (non-hydrogen) atoms. The molecule has 2 N–H and O–H groups in total. The summed E-state index contributed by atoms with van der Waals surface area (Å²) >= 11 is 5.67. The predicted molar refractivity (Wildman–Crippen MR) is 216 cm³/mol. The molecule has 19 heteroatoms. The molecular formula is C41H43F3N6O9S. The minimum Gasteiger partial charge on any atom is -0.491 e. The van der Waals surface area contributed by atoms with Gasteiger partial charge in [0.25, 0.3) is 11.8 Å². The quantitative estimate of drug-likeness (QED) is 0.0732. The van der Waals surface area contributed by atoms with Crippen molar-refractivity contribution in [1.82, 2.24) is 10.2 Å². The number of thiocarbonyl (C=S) groups is 1. The zero-order chi connectivity index (χ0) is 43.6. The highest BCUT2D eigenvalue weighted by Crippen LogP contribution is 2.36. The van der Waals surface area contributed by atoms with Crippen LogP contribution in [0.4, 0.5) is 30.2 Å². The van der Waals surface area contributed by atoms with E-state index >= 15 is 0 Å². The molecule has 5 rings (SSSR count). The summed E-state index contributed by atoms with van der Waals surface area (Å²) in [5.74, 6) is -1.79. The summed E-state index contributed by atoms with van der Waals surface area (Å²) in [5, 5.41) is 14.5. The summed E-state index contributed by atoms with van der Waals surface area (Å²) < 4.78 is 63.4. The summed E-state index contributed by atoms with van der Waals surface area (Å²) in [6.07, 6.45) is -3.97. The summed E-state index contributed by atoms with van der Waals surface area (Å²) in [5.41, 5.74) is -1.44. The lowest BCUT2D eigenvalue weighted by atomic mass is 10.0. The Morgan fingerprint density at radius 2 is 1.57 bits per heavy atom. The average molecular weight is 853 g/mol. The average Bonchev–Trinajstić information content (AvgIpc) is 3.48. The van der Waals surface area contributed by atoms with Crippen molar-refractivity contribution in [2.45, 2.75) is 44.4 Å². The van der Waals surface area contributed by atoms with Crippen LogP contribution in [0.3, 0.4) is 0 Å². The lowest BCUT2D eigenvalue weighted by Crippen LogP contribution is -2.54. The molecule has 0 unspecified atom stereocenters. The number of rotatable bonds is 19. The Morgan fingerprint density at radius 3 is 2.18 bits per heavy atom. The second-order valence-electron chi connectivity index (χ2n) is 14.1. The topological polar surface area (TPSA) is 180 Å². The highest BCUT2D eigenvalue weighted by Gasteiger charge is 2.45. The van der Waals surface area contributed by atoms with Crippen LogP contribution in [-0.2, 0) is 34.8 Å². The van der Waals surface area contributed by atoms with E-state index in [-0.39, 0.29) is 54.6 Å². The molecule has 0 aromatic heterocycles. The second kappa shape index (κ2) is 19.9. The second-order valence-corrected chi connectivity index (χ2v) is 14.4. The van der Waals surface area contributed by atoms with Gasteiger partial charge in [-0.15, -0.1) is 0 Å². The third-order valence-electron chi connectivity index (χ3n) is 9.52. The molecule has 4 amide bonds. The van der Waals surface area contributed by atoms with E-state index in [0.29, 0.717) is 56.4 Å². The molecule has 2 aliphatic heterocycles. The standard InChI is InChI=1S/C41H43F3N6O9S/c1-40(2,25-51)50(39(60)48(3)28-8-7-26(24-45)31(23-28)41(42,43)44)27-9-11-29(12-10-27)59-22-21-58-20-19-57-18-17-56-16-15-46-32-6-4-5-30-35(32)38(55)49(37(30)54)33-13-14-34(52)47-36(33)53/h4-12,23,25,33,46H,13-22H2,1-3H3,(H,47,52,53)/t33-/m0/s1. The number of piperidine rings is 1. The van der Waals surface area contributed by atoms with Gasteiger partial charge < -0.3 is 38.9 Å². The number of fused-ring (bicyclic) bond motifs is 1. The predicted octanol–water partition coefficient (Wildman–Crippen LogP) is 4.72. The Hall–Kier alpha value is -5.94. The van der Waals surface area contributed by atoms with E-state index in [9.17, 15) is 37.1 Å². The maximum Gasteiger partial charge on any atom is 0.417 e. The zero-order valence-corrected chi connectivity index (χ0v) is 33.8. The van der Waals surface area contributed by atoms with Crippen LogP contribution in [0.25, 0.3) is 0 Å². The van der Waals surface area contributed by atoms with Gasteiger partial charge in [-0.3, -0.25) is 29.4 Å². The molecule has 0 spiro atoms. The van der Waals surface area contributed by atoms with E-state index < -0.39 is 52.5 Å². The van der Waals surface area contributed by atoms with Crippen molar-refractivity contribution < 1.29 is 56.1 Å². The van der Waals surface area contributed by atoms with Crippen molar-refractivity contribution in [2.75, 3.05) is 75.0 Å². The van der Waals surface area contributed by atoms with Crippen LogP contribution >= 0.6 is 12.2 Å². The molecule has 1 saturated heterocycles. The van der Waals surface area contributed by atoms with Crippen LogP contribution in [0.1, 0.15) is 58.5 Å². The number of amides is 4. The third kappa shape index (κ3) is 10.6. The Balaban J connectivity index is 0.981. The molecule has 1 fully saturated rings. The van der Waals surface area contributed by atoms with Gasteiger partial charge in [-0.05, 0) is 87.1 Å². The number of nitrogens with zero attached hydrogens (tertiary/aromatic N) is 4. The molecule has 0 aliphatic carbocycles. The van der Waals surface area contributed by atoms with Gasteiger partial charge in [0, 0.05) is 37.1 Å². The molecule has 318 valence electrons. The molecule has 15 nitrogen and oxygen atoms in total. The number of benzene rings is 3. The number of halogens is 3. The number of nitrogens with one attached hydrogen (secondary N) is 2. The lowest BCUT2D eigenvalue weighted by molar-refractivity contribution is -0.138. The fourth-order valence-electron chi connectivity index (χ4n) is 6.45. The number of anilines is 3. The maximum absolute atomic E-state index is 13.6. The summed E-state index contributed by atoms with van der Waals surface area (Å²) in [6, 6.07) is 15.3. The fourth-order valence-corrected chi connectivity index (χ4v) is 6.89. The molecule has 0 bridgehead atoms. The number of aldehydes is 1. The Labute approximate surface area is 349 Å². The van der Waals surface area contributed by atoms with E-state index in [0.717, 1.165) is 17.0 Å². The maximum atomic E-state index is 13.6. The van der Waals surface area contributed by atoms with Crippen molar-refractivity contribution in [2.24, 2.45) is 0 Å². The number of imide groups is 2. The highest BCUT2D eigenvalue weighted by atomic mass is 32.1. The van der Waals surface area contributed by atoms with Crippen molar-refractivity contribution in [3.63, 3.8) is 0 Å². The first-order valence-corrected chi connectivity index (χ1v) is 19.2. The highest BCUT2D eigenvalue weighted by molar-refractivity contribution is 7.80. The van der Waals surface area contributed by atoms with E-state index in [2.05, 4.69) is 10.6 Å². The first-order chi connectivity index (χ1) is 28.6. The van der Waals surface area contributed by atoms with Gasteiger partial charge in [0.05, 0.1) is 73.5 Å². The van der Waals surface area contributed by atoms with Crippen LogP contribution in [-0.4, -0.2) is 111 Å². The number of carbonyl (C=O) groups is 5. The van der Waals surface area contributed by atoms with E-state index in [1.165, 1.54) is 29.0 Å². The van der Waals surface area contributed by atoms with Crippen LogP contribution in [0.5, 0.6) is 5.75 Å². The molecule has 0 radical (unpaired) electrons. The SMILES string of the molecule is CN(C(=S)N(c1ccc(OCCOCCOCCOCCNc2cccc3c2C(=O)N([C@H]2CCC(=O)NC2=O)C3=O)cc1)C(C)(C)C=O)c1ccc(C#N)c(C(F)(F)F)c1. The fraction of sp³-hybridized carbons (Fsp3) is 0.390. The van der Waals surface area contributed by atoms with Crippen molar-refractivity contribution in [3.05, 3.63) is 82.9 Å². The number of hydrogen-bond acceptors (Lipinski definition) is 12. The van der Waals surface area contributed by atoms with Crippen molar-refractivity contribution >= 4 is 64.3 Å². The number of carbonyl (C=O) groups excluding carboxylic acids is 5. The van der Waals surface area contributed by atoms with Crippen LogP contribution in [0, 0.1) is 11.3 Å². The third-order valence-corrected chi connectivity index (χ3v) is 9.98. The molecule has 2 aliphatic rings. The molecule has 3 aromatic carbocycles. The molecular weight excluding hydrogens is 810 g/mol. The summed E-state index contributed by atoms with van der Waals surface area (Å²) in [6.45, 7) is 5.54. The van der Waals surface area contributed by atoms with Gasteiger partial charge in [0.15, 0.2) is 5.11 Å². The largest absolute Gasteiger partial charge is 0.491 e. The van der Waals surface area contributed by atoms with Gasteiger partial charge in [-0.1, -0.05) is 6.07 Å². The Bertz CT molecular complexity index is 2140. The van der Waals surface area contributed by atoms with E-state index in [1.807, 2.05) is 0 Å². The van der Waals surface area contributed by atoms with E-state index in [1.54, 1.807) is 56.3 Å². The zero-order valence-electron chi connectivity index (χ0n) is 33.0. The number of ether oxygens (including phenoxy) is 4. The van der Waals surface area contributed by atoms with Crippen molar-refractivity contribution in [3.8, 4) is 11.8 Å². The monoisotopic (exact) mass is 852 g/mol. The van der Waals surface area contributed by atoms with Crippen LogP contribution in [0.15, 0.2) is 60.7 Å². The molecule has 0 saturated carbocycles. The molecule has 1 atom stereocenters. The summed E-state index contributed by atoms with van der Waals surface area (Å²) in [4.78, 5) is 66.0.